The summed E-state index contributed by atoms with van der Waals surface area (Å²) in [5.41, 5.74) is -1.72. The number of aromatic nitrogens is 2. The Morgan fingerprint density at radius 3 is 2.30 bits per heavy atom. The van der Waals surface area contributed by atoms with Crippen molar-refractivity contribution >= 4 is 0 Å². The molecule has 0 aliphatic carbocycles. The van der Waals surface area contributed by atoms with Crippen LogP contribution >= 0.6 is 0 Å². The molecule has 0 radical (unpaired) electrons. The maximum absolute atomic E-state index is 13.2. The van der Waals surface area contributed by atoms with E-state index in [1.54, 1.807) is 7.05 Å². The third-order valence-electron chi connectivity index (χ3n) is 3.17. The van der Waals surface area contributed by atoms with Crippen LogP contribution in [0.15, 0.2) is 36.7 Å². The summed E-state index contributed by atoms with van der Waals surface area (Å²) in [5.74, 6) is 0. The second kappa shape index (κ2) is 6.23. The van der Waals surface area contributed by atoms with E-state index in [2.05, 4.69) is 10.4 Å². The van der Waals surface area contributed by atoms with E-state index >= 15 is 0 Å². The lowest BCUT2D eigenvalue weighted by atomic mass is 9.99. The van der Waals surface area contributed by atoms with Gasteiger partial charge >= 0.3 is 12.4 Å². The molecule has 9 heteroatoms. The fourth-order valence-corrected chi connectivity index (χ4v) is 2.19. The van der Waals surface area contributed by atoms with Gasteiger partial charge in [0.2, 0.25) is 0 Å². The zero-order chi connectivity index (χ0) is 17.3. The molecule has 1 unspecified atom stereocenters. The number of hydrogen-bond acceptors (Lipinski definition) is 2. The van der Waals surface area contributed by atoms with E-state index in [1.165, 1.54) is 17.1 Å². The van der Waals surface area contributed by atoms with Gasteiger partial charge in [0.15, 0.2) is 0 Å². The fourth-order valence-electron chi connectivity index (χ4n) is 2.19. The van der Waals surface area contributed by atoms with Gasteiger partial charge in [-0.3, -0.25) is 10.00 Å². The van der Waals surface area contributed by atoms with E-state index in [4.69, 9.17) is 0 Å². The summed E-state index contributed by atoms with van der Waals surface area (Å²) in [4.78, 5) is 0. The average Bonchev–Trinajstić information content (AvgIpc) is 2.82. The van der Waals surface area contributed by atoms with Crippen molar-refractivity contribution < 1.29 is 26.3 Å². The number of halogens is 6. The van der Waals surface area contributed by atoms with Gasteiger partial charge in [0.1, 0.15) is 6.04 Å². The Balaban J connectivity index is 2.33. The Labute approximate surface area is 127 Å². The van der Waals surface area contributed by atoms with Crippen molar-refractivity contribution in [1.82, 2.24) is 15.1 Å². The summed E-state index contributed by atoms with van der Waals surface area (Å²) in [6.07, 6.45) is -6.91. The monoisotopic (exact) mass is 337 g/mol. The minimum Gasteiger partial charge on any atom is -0.298 e. The van der Waals surface area contributed by atoms with Gasteiger partial charge in [-0.25, -0.2) is 0 Å². The van der Waals surface area contributed by atoms with Crippen LogP contribution in [0.2, 0.25) is 0 Å². The molecule has 1 heterocycles. The fraction of sp³-hybridized carbons (Fsp3) is 0.357. The third-order valence-corrected chi connectivity index (χ3v) is 3.17. The molecular formula is C14H13F6N3. The van der Waals surface area contributed by atoms with E-state index in [-0.39, 0.29) is 6.54 Å². The van der Waals surface area contributed by atoms with Crippen LogP contribution in [-0.2, 0) is 19.8 Å². The number of benzene rings is 1. The first kappa shape index (κ1) is 17.3. The Bertz CT molecular complexity index is 659. The molecule has 2 aromatic rings. The first-order valence-electron chi connectivity index (χ1n) is 6.53. The van der Waals surface area contributed by atoms with Crippen molar-refractivity contribution in [2.45, 2.75) is 24.9 Å². The van der Waals surface area contributed by atoms with Crippen LogP contribution < -0.4 is 5.32 Å². The standard InChI is InChI=1S/C14H13F6N3/c1-23-8-9(7-22-23)6-21-12(14(18,19)20)10-4-2-3-5-11(10)13(15,16)17/h2-5,7-8,12,21H,6H2,1H3. The van der Waals surface area contributed by atoms with Crippen LogP contribution in [0.1, 0.15) is 22.7 Å². The molecule has 0 fully saturated rings. The van der Waals surface area contributed by atoms with E-state index in [0.29, 0.717) is 11.6 Å². The highest BCUT2D eigenvalue weighted by Crippen LogP contribution is 2.40. The molecule has 1 atom stereocenters. The van der Waals surface area contributed by atoms with Gasteiger partial charge in [0, 0.05) is 25.4 Å². The maximum atomic E-state index is 13.2. The SMILES string of the molecule is Cn1cc(CNC(c2ccccc2C(F)(F)F)C(F)(F)F)cn1. The minimum atomic E-state index is -4.87. The number of hydrogen-bond donors (Lipinski definition) is 1. The van der Waals surface area contributed by atoms with Gasteiger partial charge in [0.05, 0.1) is 11.8 Å². The molecule has 0 aliphatic heterocycles. The molecule has 0 saturated carbocycles. The van der Waals surface area contributed by atoms with Crippen molar-refractivity contribution in [2.24, 2.45) is 7.05 Å². The Morgan fingerprint density at radius 2 is 1.78 bits per heavy atom. The molecule has 0 aliphatic rings. The molecular weight excluding hydrogens is 324 g/mol. The summed E-state index contributed by atoms with van der Waals surface area (Å²) in [5, 5.41) is 5.94. The van der Waals surface area contributed by atoms with Crippen molar-refractivity contribution in [3.63, 3.8) is 0 Å². The molecule has 23 heavy (non-hydrogen) atoms. The Kier molecular flexibility index (Phi) is 4.69. The molecule has 2 rings (SSSR count). The van der Waals surface area contributed by atoms with Crippen LogP contribution in [0.5, 0.6) is 0 Å². The molecule has 0 saturated heterocycles. The van der Waals surface area contributed by atoms with Gasteiger partial charge in [-0.1, -0.05) is 18.2 Å². The summed E-state index contributed by atoms with van der Waals surface area (Å²) < 4.78 is 80.0. The lowest BCUT2D eigenvalue weighted by molar-refractivity contribution is -0.163. The van der Waals surface area contributed by atoms with Gasteiger partial charge in [-0.2, -0.15) is 31.4 Å². The highest BCUT2D eigenvalue weighted by atomic mass is 19.4. The van der Waals surface area contributed by atoms with Gasteiger partial charge in [0.25, 0.3) is 0 Å². The van der Waals surface area contributed by atoms with E-state index in [1.807, 2.05) is 0 Å². The summed E-state index contributed by atoms with van der Waals surface area (Å²) >= 11 is 0. The summed E-state index contributed by atoms with van der Waals surface area (Å²) in [6, 6.07) is 1.24. The molecule has 126 valence electrons. The van der Waals surface area contributed by atoms with Crippen molar-refractivity contribution in [3.8, 4) is 0 Å². The first-order chi connectivity index (χ1) is 10.6. The number of nitrogens with one attached hydrogen (secondary N) is 1. The number of alkyl halides is 6. The van der Waals surface area contributed by atoms with Crippen molar-refractivity contribution in [2.75, 3.05) is 0 Å². The number of nitrogens with zero attached hydrogens (tertiary/aromatic N) is 2. The maximum Gasteiger partial charge on any atom is 0.416 e. The predicted molar refractivity (Wildman–Crippen MR) is 70.3 cm³/mol. The molecule has 1 aromatic carbocycles. The molecule has 0 amide bonds. The van der Waals surface area contributed by atoms with Gasteiger partial charge in [-0.15, -0.1) is 0 Å². The predicted octanol–water partition coefficient (Wildman–Crippen LogP) is 3.83. The quantitative estimate of drug-likeness (QED) is 0.860. The second-order valence-electron chi connectivity index (χ2n) is 4.96. The minimum absolute atomic E-state index is 0.260. The lowest BCUT2D eigenvalue weighted by Gasteiger charge is -2.25. The zero-order valence-corrected chi connectivity index (χ0v) is 11.9. The van der Waals surface area contributed by atoms with Gasteiger partial charge in [-0.05, 0) is 11.6 Å². The highest BCUT2D eigenvalue weighted by Gasteiger charge is 2.45. The molecule has 0 bridgehead atoms. The smallest absolute Gasteiger partial charge is 0.298 e. The second-order valence-corrected chi connectivity index (χ2v) is 4.96. The Hall–Kier alpha value is -2.03. The summed E-state index contributed by atoms with van der Waals surface area (Å²) in [6.45, 7) is -0.260. The molecule has 1 N–H and O–H groups in total. The van der Waals surface area contributed by atoms with Crippen LogP contribution in [0.4, 0.5) is 26.3 Å². The molecule has 1 aromatic heterocycles. The number of rotatable bonds is 4. The average molecular weight is 337 g/mol. The van der Waals surface area contributed by atoms with E-state index in [0.717, 1.165) is 18.2 Å². The normalized spacial score (nSPS) is 14.0. The molecule has 0 spiro atoms. The van der Waals surface area contributed by atoms with Gasteiger partial charge < -0.3 is 0 Å². The van der Waals surface area contributed by atoms with Crippen molar-refractivity contribution in [1.29, 1.82) is 0 Å². The topological polar surface area (TPSA) is 29.9 Å². The first-order valence-corrected chi connectivity index (χ1v) is 6.53. The third kappa shape index (κ3) is 4.25. The summed E-state index contributed by atoms with van der Waals surface area (Å²) in [7, 11) is 1.59. The van der Waals surface area contributed by atoms with Crippen LogP contribution in [-0.4, -0.2) is 16.0 Å². The largest absolute Gasteiger partial charge is 0.416 e. The zero-order valence-electron chi connectivity index (χ0n) is 11.9. The highest BCUT2D eigenvalue weighted by molar-refractivity contribution is 5.33. The van der Waals surface area contributed by atoms with E-state index in [9.17, 15) is 26.3 Å². The molecule has 3 nitrogen and oxygen atoms in total. The van der Waals surface area contributed by atoms with Crippen LogP contribution in [0.25, 0.3) is 0 Å². The Morgan fingerprint density at radius 1 is 1.13 bits per heavy atom. The van der Waals surface area contributed by atoms with E-state index < -0.39 is 29.5 Å². The van der Waals surface area contributed by atoms with Crippen LogP contribution in [0, 0.1) is 0 Å². The van der Waals surface area contributed by atoms with Crippen LogP contribution in [0.3, 0.4) is 0 Å². The van der Waals surface area contributed by atoms with Crippen molar-refractivity contribution in [3.05, 3.63) is 53.3 Å². The number of aryl methyl sites for hydroxylation is 1. The lowest BCUT2D eigenvalue weighted by Crippen LogP contribution is -2.35.